The Labute approximate surface area is 121 Å². The van der Waals surface area contributed by atoms with E-state index in [-0.39, 0.29) is 0 Å². The van der Waals surface area contributed by atoms with Crippen LogP contribution in [0.5, 0.6) is 11.5 Å². The van der Waals surface area contributed by atoms with Crippen molar-refractivity contribution >= 4 is 15.9 Å². The third-order valence-corrected chi connectivity index (χ3v) is 3.36. The molecule has 0 amide bonds. The lowest BCUT2D eigenvalue weighted by atomic mass is 10.2. The maximum absolute atomic E-state index is 9.68. The molecule has 0 unspecified atom stereocenters. The normalized spacial score (nSPS) is 12.2. The van der Waals surface area contributed by atoms with Gasteiger partial charge in [0.25, 0.3) is 0 Å². The van der Waals surface area contributed by atoms with Gasteiger partial charge in [-0.25, -0.2) is 0 Å². The third-order valence-electron chi connectivity index (χ3n) is 2.87. The van der Waals surface area contributed by atoms with Crippen molar-refractivity contribution in [3.05, 3.63) is 52.3 Å². The lowest BCUT2D eigenvalue weighted by molar-refractivity contribution is 0.169. The topological polar surface area (TPSA) is 42.4 Å². The largest absolute Gasteiger partial charge is 0.455 e. The van der Waals surface area contributed by atoms with Crippen LogP contribution in [0.2, 0.25) is 0 Å². The molecule has 0 aliphatic heterocycles. The molecular formula is C15H16BrNO2. The lowest BCUT2D eigenvalue weighted by Crippen LogP contribution is -1.98. The number of nitrogens with zero attached hydrogens (tertiary/aromatic N) is 1. The first-order valence-electron chi connectivity index (χ1n) is 6.18. The molecule has 100 valence electrons. The highest BCUT2D eigenvalue weighted by atomic mass is 79.9. The number of ether oxygens (including phenoxy) is 1. The van der Waals surface area contributed by atoms with Gasteiger partial charge >= 0.3 is 0 Å². The van der Waals surface area contributed by atoms with Gasteiger partial charge in [0, 0.05) is 4.47 Å². The first-order chi connectivity index (χ1) is 9.10. The van der Waals surface area contributed by atoms with Gasteiger partial charge in [0.15, 0.2) is 0 Å². The van der Waals surface area contributed by atoms with E-state index < -0.39 is 6.10 Å². The quantitative estimate of drug-likeness (QED) is 0.908. The van der Waals surface area contributed by atoms with Crippen LogP contribution in [-0.4, -0.2) is 10.1 Å². The Balaban J connectivity index is 2.17. The number of hydrogen-bond acceptors (Lipinski definition) is 3. The van der Waals surface area contributed by atoms with E-state index in [2.05, 4.69) is 20.9 Å². The van der Waals surface area contributed by atoms with Crippen LogP contribution in [0.4, 0.5) is 0 Å². The summed E-state index contributed by atoms with van der Waals surface area (Å²) < 4.78 is 6.76. The summed E-state index contributed by atoms with van der Waals surface area (Å²) in [4.78, 5) is 4.21. The smallest absolute Gasteiger partial charge is 0.145 e. The predicted octanol–water partition coefficient (Wildman–Crippen LogP) is 4.39. The molecule has 0 bridgehead atoms. The summed E-state index contributed by atoms with van der Waals surface area (Å²) in [5, 5.41) is 9.68. The summed E-state index contributed by atoms with van der Waals surface area (Å²) in [5.74, 6) is 1.45. The number of aliphatic hydroxyl groups excluding tert-OH is 1. The van der Waals surface area contributed by atoms with E-state index in [4.69, 9.17) is 4.74 Å². The Morgan fingerprint density at radius 2 is 2.11 bits per heavy atom. The Morgan fingerprint density at radius 1 is 1.32 bits per heavy atom. The Bertz CT molecular complexity index is 555. The molecule has 1 atom stereocenters. The summed E-state index contributed by atoms with van der Waals surface area (Å²) >= 11 is 3.42. The monoisotopic (exact) mass is 321 g/mol. The summed E-state index contributed by atoms with van der Waals surface area (Å²) in [6, 6.07) is 9.49. The van der Waals surface area contributed by atoms with Gasteiger partial charge in [0.1, 0.15) is 11.5 Å². The van der Waals surface area contributed by atoms with E-state index in [1.54, 1.807) is 12.3 Å². The van der Waals surface area contributed by atoms with Gasteiger partial charge in [0.2, 0.25) is 0 Å². The summed E-state index contributed by atoms with van der Waals surface area (Å²) in [5.41, 5.74) is 1.72. The molecule has 1 N–H and O–H groups in total. The average Bonchev–Trinajstić information content (AvgIpc) is 2.43. The highest BCUT2D eigenvalue weighted by molar-refractivity contribution is 9.10. The van der Waals surface area contributed by atoms with Crippen LogP contribution >= 0.6 is 15.9 Å². The number of benzene rings is 1. The summed E-state index contributed by atoms with van der Waals surface area (Å²) in [7, 11) is 0. The molecule has 0 radical (unpaired) electrons. The number of aromatic nitrogens is 1. The van der Waals surface area contributed by atoms with E-state index in [9.17, 15) is 5.11 Å². The molecule has 0 saturated heterocycles. The minimum atomic E-state index is -0.512. The molecule has 0 aliphatic rings. The minimum absolute atomic E-state index is 0.512. The molecule has 19 heavy (non-hydrogen) atoms. The number of halogens is 1. The van der Waals surface area contributed by atoms with Gasteiger partial charge in [-0.05, 0) is 43.2 Å². The maximum Gasteiger partial charge on any atom is 0.145 e. The van der Waals surface area contributed by atoms with E-state index in [1.807, 2.05) is 38.1 Å². The standard InChI is InChI=1S/C15H16BrNO2/c1-3-14(18)13-7-6-12(9-17-13)19-15-8-11(16)5-4-10(15)2/h4-9,14,18H,3H2,1-2H3/t14-/m1/s1. The molecule has 0 aliphatic carbocycles. The molecule has 2 rings (SSSR count). The van der Waals surface area contributed by atoms with Crippen molar-refractivity contribution in [1.29, 1.82) is 0 Å². The molecule has 2 aromatic rings. The summed E-state index contributed by atoms with van der Waals surface area (Å²) in [6.45, 7) is 3.91. The van der Waals surface area contributed by atoms with E-state index in [0.29, 0.717) is 17.9 Å². The number of hydrogen-bond donors (Lipinski definition) is 1. The van der Waals surface area contributed by atoms with E-state index in [1.165, 1.54) is 0 Å². The van der Waals surface area contributed by atoms with Crippen LogP contribution in [0.25, 0.3) is 0 Å². The molecule has 1 heterocycles. The number of rotatable bonds is 4. The fourth-order valence-electron chi connectivity index (χ4n) is 1.67. The molecule has 0 fully saturated rings. The Hall–Kier alpha value is -1.39. The third kappa shape index (κ3) is 3.55. The van der Waals surface area contributed by atoms with Crippen molar-refractivity contribution in [3.8, 4) is 11.5 Å². The van der Waals surface area contributed by atoms with Gasteiger partial charge in [0.05, 0.1) is 18.0 Å². The van der Waals surface area contributed by atoms with Gasteiger partial charge < -0.3 is 9.84 Å². The van der Waals surface area contributed by atoms with Crippen molar-refractivity contribution in [2.75, 3.05) is 0 Å². The number of aryl methyl sites for hydroxylation is 1. The zero-order valence-corrected chi connectivity index (χ0v) is 12.5. The fraction of sp³-hybridized carbons (Fsp3) is 0.267. The van der Waals surface area contributed by atoms with Crippen molar-refractivity contribution in [1.82, 2.24) is 4.98 Å². The predicted molar refractivity (Wildman–Crippen MR) is 78.4 cm³/mol. The minimum Gasteiger partial charge on any atom is -0.455 e. The Morgan fingerprint density at radius 3 is 2.74 bits per heavy atom. The lowest BCUT2D eigenvalue weighted by Gasteiger charge is -2.10. The second-order valence-corrected chi connectivity index (χ2v) is 5.27. The van der Waals surface area contributed by atoms with Crippen molar-refractivity contribution in [2.24, 2.45) is 0 Å². The second-order valence-electron chi connectivity index (χ2n) is 4.35. The van der Waals surface area contributed by atoms with Crippen LogP contribution < -0.4 is 4.74 Å². The van der Waals surface area contributed by atoms with Crippen LogP contribution in [0.15, 0.2) is 41.0 Å². The van der Waals surface area contributed by atoms with Gasteiger partial charge in [-0.15, -0.1) is 0 Å². The van der Waals surface area contributed by atoms with Crippen LogP contribution in [-0.2, 0) is 0 Å². The molecular weight excluding hydrogens is 306 g/mol. The average molecular weight is 322 g/mol. The second kappa shape index (κ2) is 6.17. The first-order valence-corrected chi connectivity index (χ1v) is 6.97. The van der Waals surface area contributed by atoms with E-state index >= 15 is 0 Å². The zero-order chi connectivity index (χ0) is 13.8. The van der Waals surface area contributed by atoms with E-state index in [0.717, 1.165) is 15.8 Å². The van der Waals surface area contributed by atoms with Crippen LogP contribution in [0, 0.1) is 6.92 Å². The van der Waals surface area contributed by atoms with Crippen LogP contribution in [0.1, 0.15) is 30.7 Å². The number of aliphatic hydroxyl groups is 1. The van der Waals surface area contributed by atoms with Gasteiger partial charge in [-0.2, -0.15) is 0 Å². The van der Waals surface area contributed by atoms with Crippen molar-refractivity contribution in [3.63, 3.8) is 0 Å². The van der Waals surface area contributed by atoms with Crippen molar-refractivity contribution < 1.29 is 9.84 Å². The maximum atomic E-state index is 9.68. The fourth-order valence-corrected chi connectivity index (χ4v) is 2.01. The zero-order valence-electron chi connectivity index (χ0n) is 10.9. The molecule has 1 aromatic carbocycles. The molecule has 0 spiro atoms. The SMILES string of the molecule is CC[C@@H](O)c1ccc(Oc2cc(Br)ccc2C)cn1. The molecule has 4 heteroatoms. The van der Waals surface area contributed by atoms with Crippen molar-refractivity contribution in [2.45, 2.75) is 26.4 Å². The highest BCUT2D eigenvalue weighted by Crippen LogP contribution is 2.28. The van der Waals surface area contributed by atoms with Gasteiger partial charge in [-0.3, -0.25) is 4.98 Å². The van der Waals surface area contributed by atoms with Gasteiger partial charge in [-0.1, -0.05) is 28.9 Å². The van der Waals surface area contributed by atoms with Crippen LogP contribution in [0.3, 0.4) is 0 Å². The molecule has 3 nitrogen and oxygen atoms in total. The molecule has 1 aromatic heterocycles. The number of pyridine rings is 1. The summed E-state index contributed by atoms with van der Waals surface area (Å²) in [6.07, 6.45) is 1.77. The first kappa shape index (κ1) is 14.0. The Kier molecular flexibility index (Phi) is 4.56. The highest BCUT2D eigenvalue weighted by Gasteiger charge is 2.07. The molecule has 0 saturated carbocycles.